The number of fused-ring (bicyclic) bond motifs is 1. The molecule has 0 heterocycles. The standard InChI is InChI=1S/C26H32O3/c1-16(18-7-9-19(10-8-18)24(28)29)17(2)23(27)20-11-12-21-22(15-20)26(5,6)14-13-25(21,3)4/h7-12,15,23,27H,13-14H2,1-6H3,(H,28,29)/b17-16+. The van der Waals surface area contributed by atoms with E-state index in [0.717, 1.165) is 28.7 Å². The van der Waals surface area contributed by atoms with Crippen LogP contribution in [0.2, 0.25) is 0 Å². The van der Waals surface area contributed by atoms with E-state index in [0.29, 0.717) is 0 Å². The third-order valence-electron chi connectivity index (χ3n) is 6.76. The number of carbonyl (C=O) groups is 1. The molecule has 0 spiro atoms. The van der Waals surface area contributed by atoms with Crippen LogP contribution in [0.15, 0.2) is 48.0 Å². The summed E-state index contributed by atoms with van der Waals surface area (Å²) in [6.07, 6.45) is 1.61. The number of carboxylic acid groups (broad SMARTS) is 1. The first-order valence-corrected chi connectivity index (χ1v) is 10.3. The molecule has 3 nitrogen and oxygen atoms in total. The van der Waals surface area contributed by atoms with Crippen LogP contribution < -0.4 is 0 Å². The molecule has 1 aliphatic rings. The topological polar surface area (TPSA) is 57.5 Å². The van der Waals surface area contributed by atoms with E-state index in [2.05, 4.69) is 45.9 Å². The van der Waals surface area contributed by atoms with Crippen molar-refractivity contribution in [2.45, 2.75) is 71.3 Å². The molecule has 1 atom stereocenters. The first kappa shape index (κ1) is 21.3. The van der Waals surface area contributed by atoms with E-state index in [9.17, 15) is 9.90 Å². The van der Waals surface area contributed by atoms with Gasteiger partial charge in [-0.1, -0.05) is 58.0 Å². The lowest BCUT2D eigenvalue weighted by Gasteiger charge is -2.42. The van der Waals surface area contributed by atoms with Gasteiger partial charge in [0.15, 0.2) is 0 Å². The second-order valence-corrected chi connectivity index (χ2v) is 9.67. The summed E-state index contributed by atoms with van der Waals surface area (Å²) in [5.41, 5.74) is 6.90. The number of aromatic carboxylic acids is 1. The Bertz CT molecular complexity index is 962. The van der Waals surface area contributed by atoms with E-state index in [4.69, 9.17) is 5.11 Å². The van der Waals surface area contributed by atoms with Crippen LogP contribution in [0.1, 0.15) is 93.1 Å². The molecule has 2 N–H and O–H groups in total. The molecular formula is C26H32O3. The Balaban J connectivity index is 1.98. The van der Waals surface area contributed by atoms with Gasteiger partial charge in [0.05, 0.1) is 5.56 Å². The molecule has 0 saturated carbocycles. The van der Waals surface area contributed by atoms with E-state index in [1.165, 1.54) is 17.5 Å². The summed E-state index contributed by atoms with van der Waals surface area (Å²) >= 11 is 0. The lowest BCUT2D eigenvalue weighted by Crippen LogP contribution is -2.34. The summed E-state index contributed by atoms with van der Waals surface area (Å²) < 4.78 is 0. The minimum absolute atomic E-state index is 0.0971. The molecule has 0 radical (unpaired) electrons. The van der Waals surface area contributed by atoms with E-state index in [-0.39, 0.29) is 16.4 Å². The van der Waals surface area contributed by atoms with Crippen LogP contribution in [0.3, 0.4) is 0 Å². The molecule has 2 aromatic rings. The van der Waals surface area contributed by atoms with Gasteiger partial charge in [0.2, 0.25) is 0 Å². The van der Waals surface area contributed by atoms with Gasteiger partial charge in [-0.3, -0.25) is 0 Å². The predicted octanol–water partition coefficient (Wildman–Crippen LogP) is 6.26. The molecule has 0 saturated heterocycles. The number of aliphatic hydroxyl groups excluding tert-OH is 1. The number of aliphatic hydroxyl groups is 1. The third kappa shape index (κ3) is 4.02. The molecule has 0 bridgehead atoms. The second-order valence-electron chi connectivity index (χ2n) is 9.67. The minimum atomic E-state index is -0.936. The highest BCUT2D eigenvalue weighted by molar-refractivity contribution is 5.88. The fourth-order valence-electron chi connectivity index (χ4n) is 4.32. The average Bonchev–Trinajstić information content (AvgIpc) is 2.69. The van der Waals surface area contributed by atoms with Crippen molar-refractivity contribution < 1.29 is 15.0 Å². The molecule has 0 aromatic heterocycles. The second kappa shape index (κ2) is 7.46. The van der Waals surface area contributed by atoms with E-state index < -0.39 is 12.1 Å². The number of hydrogen-bond donors (Lipinski definition) is 2. The molecular weight excluding hydrogens is 360 g/mol. The molecule has 29 heavy (non-hydrogen) atoms. The molecule has 1 aliphatic carbocycles. The number of benzene rings is 2. The first-order valence-electron chi connectivity index (χ1n) is 10.3. The highest BCUT2D eigenvalue weighted by Gasteiger charge is 2.37. The zero-order chi connectivity index (χ0) is 21.6. The van der Waals surface area contributed by atoms with E-state index >= 15 is 0 Å². The Morgan fingerprint density at radius 2 is 1.38 bits per heavy atom. The van der Waals surface area contributed by atoms with Crippen LogP contribution >= 0.6 is 0 Å². The van der Waals surface area contributed by atoms with Crippen molar-refractivity contribution >= 4 is 11.5 Å². The van der Waals surface area contributed by atoms with Crippen LogP contribution in [-0.4, -0.2) is 16.2 Å². The largest absolute Gasteiger partial charge is 0.478 e. The maximum atomic E-state index is 11.1. The number of rotatable bonds is 4. The van der Waals surface area contributed by atoms with Gasteiger partial charge < -0.3 is 10.2 Å². The van der Waals surface area contributed by atoms with Gasteiger partial charge in [-0.15, -0.1) is 0 Å². The third-order valence-corrected chi connectivity index (χ3v) is 6.76. The predicted molar refractivity (Wildman–Crippen MR) is 118 cm³/mol. The van der Waals surface area contributed by atoms with Crippen molar-refractivity contribution in [2.75, 3.05) is 0 Å². The Morgan fingerprint density at radius 3 is 1.93 bits per heavy atom. The van der Waals surface area contributed by atoms with Crippen LogP contribution in [0.5, 0.6) is 0 Å². The van der Waals surface area contributed by atoms with Crippen LogP contribution in [0.4, 0.5) is 0 Å². The van der Waals surface area contributed by atoms with Gasteiger partial charge in [-0.05, 0) is 83.1 Å². The molecule has 154 valence electrons. The minimum Gasteiger partial charge on any atom is -0.478 e. The Hall–Kier alpha value is -2.39. The van der Waals surface area contributed by atoms with Gasteiger partial charge in [-0.25, -0.2) is 4.79 Å². The highest BCUT2D eigenvalue weighted by atomic mass is 16.4. The summed E-state index contributed by atoms with van der Waals surface area (Å²) in [5, 5.41) is 20.2. The van der Waals surface area contributed by atoms with Crippen LogP contribution in [0.25, 0.3) is 5.57 Å². The molecule has 2 aromatic carbocycles. The molecule has 3 rings (SSSR count). The normalized spacial score (nSPS) is 19.1. The number of allylic oxidation sites excluding steroid dienone is 1. The molecule has 0 amide bonds. The maximum Gasteiger partial charge on any atom is 0.335 e. The average molecular weight is 393 g/mol. The molecule has 3 heteroatoms. The fraction of sp³-hybridized carbons (Fsp3) is 0.423. The molecule has 0 aliphatic heterocycles. The summed E-state index contributed by atoms with van der Waals surface area (Å²) in [4.78, 5) is 11.1. The summed E-state index contributed by atoms with van der Waals surface area (Å²) in [7, 11) is 0. The van der Waals surface area contributed by atoms with Gasteiger partial charge in [-0.2, -0.15) is 0 Å². The van der Waals surface area contributed by atoms with Crippen molar-refractivity contribution in [2.24, 2.45) is 0 Å². The zero-order valence-electron chi connectivity index (χ0n) is 18.3. The first-order chi connectivity index (χ1) is 13.4. The van der Waals surface area contributed by atoms with Gasteiger partial charge in [0.25, 0.3) is 0 Å². The van der Waals surface area contributed by atoms with Crippen LogP contribution in [0, 0.1) is 0 Å². The summed E-state index contributed by atoms with van der Waals surface area (Å²) in [5.74, 6) is -0.936. The Kier molecular flexibility index (Phi) is 5.48. The van der Waals surface area contributed by atoms with E-state index in [1.54, 1.807) is 24.3 Å². The smallest absolute Gasteiger partial charge is 0.335 e. The van der Waals surface area contributed by atoms with Gasteiger partial charge >= 0.3 is 5.97 Å². The van der Waals surface area contributed by atoms with Gasteiger partial charge in [0.1, 0.15) is 6.10 Å². The van der Waals surface area contributed by atoms with Crippen molar-refractivity contribution in [3.63, 3.8) is 0 Å². The number of carboxylic acids is 1. The summed E-state index contributed by atoms with van der Waals surface area (Å²) in [6.45, 7) is 13.1. The maximum absolute atomic E-state index is 11.1. The monoisotopic (exact) mass is 392 g/mol. The van der Waals surface area contributed by atoms with Crippen molar-refractivity contribution in [3.8, 4) is 0 Å². The lowest BCUT2D eigenvalue weighted by molar-refractivity contribution is 0.0697. The van der Waals surface area contributed by atoms with Crippen LogP contribution in [-0.2, 0) is 10.8 Å². The zero-order valence-corrected chi connectivity index (χ0v) is 18.3. The van der Waals surface area contributed by atoms with Gasteiger partial charge in [0, 0.05) is 0 Å². The van der Waals surface area contributed by atoms with Crippen molar-refractivity contribution in [3.05, 3.63) is 75.9 Å². The molecule has 0 fully saturated rings. The van der Waals surface area contributed by atoms with Crippen molar-refractivity contribution in [1.82, 2.24) is 0 Å². The lowest BCUT2D eigenvalue weighted by atomic mass is 9.63. The Morgan fingerprint density at radius 1 is 0.862 bits per heavy atom. The number of hydrogen-bond acceptors (Lipinski definition) is 2. The SMILES string of the molecule is C/C(=C(/C)C(O)c1ccc2c(c1)C(C)(C)CCC2(C)C)c1ccc(C(=O)O)cc1. The highest BCUT2D eigenvalue weighted by Crippen LogP contribution is 2.46. The Labute approximate surface area is 174 Å². The molecule has 1 unspecified atom stereocenters. The fourth-order valence-corrected chi connectivity index (χ4v) is 4.32. The quantitative estimate of drug-likeness (QED) is 0.645. The van der Waals surface area contributed by atoms with Crippen molar-refractivity contribution in [1.29, 1.82) is 0 Å². The summed E-state index contributed by atoms with van der Waals surface area (Å²) in [6, 6.07) is 13.2. The van der Waals surface area contributed by atoms with E-state index in [1.807, 2.05) is 13.8 Å².